The zero-order chi connectivity index (χ0) is 13.0. The number of rotatable bonds is 4. The molecule has 0 heterocycles. The first-order valence-electron chi connectivity index (χ1n) is 6.74. The van der Waals surface area contributed by atoms with Crippen molar-refractivity contribution in [1.29, 1.82) is 0 Å². The minimum absolute atomic E-state index is 0.0882. The normalized spacial score (nSPS) is 24.4. The Bertz CT molecular complexity index is 375. The molecule has 0 aliphatic heterocycles. The second-order valence-corrected chi connectivity index (χ2v) is 5.50. The molecule has 0 amide bonds. The lowest BCUT2D eigenvalue weighted by Crippen LogP contribution is -2.29. The number of benzene rings is 1. The van der Waals surface area contributed by atoms with Gasteiger partial charge in [-0.15, -0.1) is 0 Å². The van der Waals surface area contributed by atoms with Crippen molar-refractivity contribution in [2.75, 3.05) is 13.6 Å². The average Bonchev–Trinajstić information content (AvgIpc) is 2.32. The minimum Gasteiger partial charge on any atom is -0.393 e. The van der Waals surface area contributed by atoms with Gasteiger partial charge in [0.2, 0.25) is 0 Å². The lowest BCUT2D eigenvalue weighted by atomic mass is 9.87. The van der Waals surface area contributed by atoms with Crippen LogP contribution in [0.5, 0.6) is 0 Å². The third-order valence-corrected chi connectivity index (χ3v) is 3.73. The zero-order valence-corrected chi connectivity index (χ0v) is 11.0. The van der Waals surface area contributed by atoms with E-state index < -0.39 is 0 Å². The summed E-state index contributed by atoms with van der Waals surface area (Å²) in [7, 11) is 2.08. The van der Waals surface area contributed by atoms with Crippen LogP contribution in [-0.4, -0.2) is 29.7 Å². The summed E-state index contributed by atoms with van der Waals surface area (Å²) in [4.78, 5) is 2.25. The van der Waals surface area contributed by atoms with Crippen LogP contribution in [0.15, 0.2) is 24.3 Å². The van der Waals surface area contributed by atoms with Crippen molar-refractivity contribution in [3.8, 4) is 0 Å². The molecular weight excluding hydrogens is 229 g/mol. The number of aliphatic hydroxyl groups excluding tert-OH is 1. The van der Waals surface area contributed by atoms with Crippen LogP contribution in [0.3, 0.4) is 0 Å². The highest BCUT2D eigenvalue weighted by Gasteiger charge is 2.20. The van der Waals surface area contributed by atoms with Gasteiger partial charge in [0.05, 0.1) is 6.10 Å². The van der Waals surface area contributed by atoms with Crippen LogP contribution in [-0.2, 0) is 6.54 Å². The second kappa shape index (κ2) is 6.30. The maximum Gasteiger partial charge on any atom is 0.123 e. The first-order chi connectivity index (χ1) is 8.63. The van der Waals surface area contributed by atoms with Crippen LogP contribution < -0.4 is 0 Å². The van der Waals surface area contributed by atoms with E-state index in [-0.39, 0.29) is 11.9 Å². The SMILES string of the molecule is CN(Cc1cccc(F)c1)CC1CCC(O)CC1. The maximum atomic E-state index is 13.1. The van der Waals surface area contributed by atoms with E-state index in [0.29, 0.717) is 5.92 Å². The Morgan fingerprint density at radius 3 is 2.67 bits per heavy atom. The van der Waals surface area contributed by atoms with Crippen LogP contribution in [0.4, 0.5) is 4.39 Å². The minimum atomic E-state index is -0.165. The molecule has 0 bridgehead atoms. The molecule has 0 atom stereocenters. The molecule has 1 aromatic rings. The summed E-state index contributed by atoms with van der Waals surface area (Å²) in [5.41, 5.74) is 1.02. The van der Waals surface area contributed by atoms with E-state index in [0.717, 1.165) is 44.3 Å². The Labute approximate surface area is 108 Å². The van der Waals surface area contributed by atoms with Gasteiger partial charge in [-0.2, -0.15) is 0 Å². The van der Waals surface area contributed by atoms with Gasteiger partial charge < -0.3 is 10.0 Å². The van der Waals surface area contributed by atoms with E-state index in [4.69, 9.17) is 0 Å². The highest BCUT2D eigenvalue weighted by Crippen LogP contribution is 2.25. The van der Waals surface area contributed by atoms with Gasteiger partial charge in [0, 0.05) is 13.1 Å². The quantitative estimate of drug-likeness (QED) is 0.889. The molecular formula is C15H22FNO. The van der Waals surface area contributed by atoms with Gasteiger partial charge in [-0.25, -0.2) is 4.39 Å². The lowest BCUT2D eigenvalue weighted by Gasteiger charge is -2.29. The third kappa shape index (κ3) is 4.07. The van der Waals surface area contributed by atoms with Gasteiger partial charge in [-0.05, 0) is 56.3 Å². The van der Waals surface area contributed by atoms with Gasteiger partial charge in [-0.3, -0.25) is 0 Å². The highest BCUT2D eigenvalue weighted by atomic mass is 19.1. The lowest BCUT2D eigenvalue weighted by molar-refractivity contribution is 0.0967. The van der Waals surface area contributed by atoms with E-state index in [9.17, 15) is 9.50 Å². The molecule has 0 radical (unpaired) electrons. The summed E-state index contributed by atoms with van der Waals surface area (Å²) in [5.74, 6) is 0.508. The van der Waals surface area contributed by atoms with Crippen molar-refractivity contribution in [2.45, 2.75) is 38.3 Å². The standard InChI is InChI=1S/C15H22FNO/c1-17(10-12-5-7-15(18)8-6-12)11-13-3-2-4-14(16)9-13/h2-4,9,12,15,18H,5-8,10-11H2,1H3. The van der Waals surface area contributed by atoms with Crippen LogP contribution in [0, 0.1) is 11.7 Å². The maximum absolute atomic E-state index is 13.1. The van der Waals surface area contributed by atoms with E-state index in [1.54, 1.807) is 12.1 Å². The van der Waals surface area contributed by atoms with Gasteiger partial charge in [0.15, 0.2) is 0 Å². The fourth-order valence-electron chi connectivity index (χ4n) is 2.78. The Morgan fingerprint density at radius 1 is 1.28 bits per heavy atom. The smallest absolute Gasteiger partial charge is 0.123 e. The van der Waals surface area contributed by atoms with Crippen molar-refractivity contribution in [1.82, 2.24) is 4.90 Å². The summed E-state index contributed by atoms with van der Waals surface area (Å²) < 4.78 is 13.1. The fraction of sp³-hybridized carbons (Fsp3) is 0.600. The van der Waals surface area contributed by atoms with Crippen molar-refractivity contribution in [3.05, 3.63) is 35.6 Å². The summed E-state index contributed by atoms with van der Waals surface area (Å²) >= 11 is 0. The van der Waals surface area contributed by atoms with Gasteiger partial charge >= 0.3 is 0 Å². The Balaban J connectivity index is 1.80. The van der Waals surface area contributed by atoms with Crippen molar-refractivity contribution in [3.63, 3.8) is 0 Å². The Morgan fingerprint density at radius 2 is 2.00 bits per heavy atom. The van der Waals surface area contributed by atoms with E-state index in [1.165, 1.54) is 6.07 Å². The Kier molecular flexibility index (Phi) is 4.72. The largest absolute Gasteiger partial charge is 0.393 e. The average molecular weight is 251 g/mol. The van der Waals surface area contributed by atoms with E-state index in [2.05, 4.69) is 11.9 Å². The number of nitrogens with zero attached hydrogens (tertiary/aromatic N) is 1. The molecule has 1 aliphatic carbocycles. The van der Waals surface area contributed by atoms with Crippen molar-refractivity contribution >= 4 is 0 Å². The van der Waals surface area contributed by atoms with Crippen LogP contribution >= 0.6 is 0 Å². The number of halogens is 1. The molecule has 2 nitrogen and oxygen atoms in total. The molecule has 0 aromatic heterocycles. The summed E-state index contributed by atoms with van der Waals surface area (Å²) in [5, 5.41) is 9.47. The topological polar surface area (TPSA) is 23.5 Å². The zero-order valence-electron chi connectivity index (χ0n) is 11.0. The van der Waals surface area contributed by atoms with E-state index in [1.807, 2.05) is 6.07 Å². The third-order valence-electron chi connectivity index (χ3n) is 3.73. The fourth-order valence-corrected chi connectivity index (χ4v) is 2.78. The molecule has 100 valence electrons. The van der Waals surface area contributed by atoms with Gasteiger partial charge in [-0.1, -0.05) is 12.1 Å². The number of aliphatic hydroxyl groups is 1. The van der Waals surface area contributed by atoms with Crippen LogP contribution in [0.25, 0.3) is 0 Å². The summed E-state index contributed by atoms with van der Waals surface area (Å²) in [6.45, 7) is 1.82. The summed E-state index contributed by atoms with van der Waals surface area (Å²) in [6.07, 6.45) is 3.98. The van der Waals surface area contributed by atoms with Crippen LogP contribution in [0.2, 0.25) is 0 Å². The molecule has 18 heavy (non-hydrogen) atoms. The first kappa shape index (κ1) is 13.5. The molecule has 1 saturated carbocycles. The molecule has 2 rings (SSSR count). The molecule has 0 spiro atoms. The second-order valence-electron chi connectivity index (χ2n) is 5.50. The van der Waals surface area contributed by atoms with Crippen molar-refractivity contribution in [2.24, 2.45) is 5.92 Å². The molecule has 1 aromatic carbocycles. The highest BCUT2D eigenvalue weighted by molar-refractivity contribution is 5.16. The predicted molar refractivity (Wildman–Crippen MR) is 70.7 cm³/mol. The number of hydrogen-bond donors (Lipinski definition) is 1. The predicted octanol–water partition coefficient (Wildman–Crippen LogP) is 2.81. The first-order valence-corrected chi connectivity index (χ1v) is 6.74. The van der Waals surface area contributed by atoms with E-state index >= 15 is 0 Å². The van der Waals surface area contributed by atoms with Crippen molar-refractivity contribution < 1.29 is 9.50 Å². The molecule has 1 N–H and O–H groups in total. The Hall–Kier alpha value is -0.930. The molecule has 3 heteroatoms. The van der Waals surface area contributed by atoms with Gasteiger partial charge in [0.1, 0.15) is 5.82 Å². The van der Waals surface area contributed by atoms with Gasteiger partial charge in [0.25, 0.3) is 0 Å². The number of hydrogen-bond acceptors (Lipinski definition) is 2. The summed E-state index contributed by atoms with van der Waals surface area (Å²) in [6, 6.07) is 6.80. The molecule has 1 aliphatic rings. The molecule has 0 unspecified atom stereocenters. The molecule has 0 saturated heterocycles. The molecule has 1 fully saturated rings. The van der Waals surface area contributed by atoms with Crippen LogP contribution in [0.1, 0.15) is 31.2 Å². The monoisotopic (exact) mass is 251 g/mol.